The van der Waals surface area contributed by atoms with Crippen molar-refractivity contribution in [3.05, 3.63) is 29.8 Å². The zero-order chi connectivity index (χ0) is 14.4. The molecule has 0 radical (unpaired) electrons. The van der Waals surface area contributed by atoms with E-state index in [9.17, 15) is 0 Å². The minimum atomic E-state index is 0.571. The summed E-state index contributed by atoms with van der Waals surface area (Å²) in [5, 5.41) is 8.57. The maximum Gasteiger partial charge on any atom is 0.254 e. The van der Waals surface area contributed by atoms with E-state index in [-0.39, 0.29) is 0 Å². The third-order valence-corrected chi connectivity index (χ3v) is 3.79. The van der Waals surface area contributed by atoms with E-state index in [1.165, 1.54) is 6.33 Å². The van der Waals surface area contributed by atoms with Crippen LogP contribution in [0.15, 0.2) is 18.5 Å². The molecule has 0 aromatic carbocycles. The van der Waals surface area contributed by atoms with Crippen LogP contribution < -0.4 is 10.6 Å². The summed E-state index contributed by atoms with van der Waals surface area (Å²) in [6, 6.07) is 4.00. The molecule has 0 saturated heterocycles. The number of nitrogens with zero attached hydrogens (tertiary/aromatic N) is 7. The first-order valence-electron chi connectivity index (χ1n) is 7.01. The minimum absolute atomic E-state index is 0.571. The number of rotatable bonds is 2. The van der Waals surface area contributed by atoms with Gasteiger partial charge in [-0.15, -0.1) is 0 Å². The number of hydrogen-bond donors (Lipinski definition) is 1. The minimum Gasteiger partial charge on any atom is -0.382 e. The number of aryl methyl sites for hydroxylation is 1. The van der Waals surface area contributed by atoms with Gasteiger partial charge in [0.25, 0.3) is 5.78 Å². The summed E-state index contributed by atoms with van der Waals surface area (Å²) in [4.78, 5) is 11.0. The van der Waals surface area contributed by atoms with Crippen molar-refractivity contribution in [3.8, 4) is 0 Å². The highest BCUT2D eigenvalue weighted by Crippen LogP contribution is 2.22. The number of fused-ring (bicyclic) bond motifs is 2. The predicted octanol–water partition coefficient (Wildman–Crippen LogP) is 0.486. The van der Waals surface area contributed by atoms with Crippen LogP contribution in [0.5, 0.6) is 0 Å². The maximum atomic E-state index is 5.77. The molecule has 108 valence electrons. The molecule has 0 amide bonds. The lowest BCUT2D eigenvalue weighted by Gasteiger charge is -2.29. The smallest absolute Gasteiger partial charge is 0.254 e. The van der Waals surface area contributed by atoms with Gasteiger partial charge in [0, 0.05) is 24.4 Å². The Labute approximate surface area is 121 Å². The first kappa shape index (κ1) is 12.1. The van der Waals surface area contributed by atoms with Crippen molar-refractivity contribution in [2.24, 2.45) is 0 Å². The van der Waals surface area contributed by atoms with Gasteiger partial charge in [-0.1, -0.05) is 6.92 Å². The van der Waals surface area contributed by atoms with E-state index in [1.807, 2.05) is 10.7 Å². The largest absolute Gasteiger partial charge is 0.382 e. The van der Waals surface area contributed by atoms with Crippen LogP contribution in [-0.2, 0) is 19.5 Å². The molecule has 0 aliphatic carbocycles. The quantitative estimate of drug-likeness (QED) is 0.736. The fourth-order valence-corrected chi connectivity index (χ4v) is 2.73. The third kappa shape index (κ3) is 1.91. The standard InChI is InChI=1S/C13H16N8/c1-2-9-5-12(21-13(17-9)15-8-16-21)19-3-4-20-10(7-19)6-11(14)18-20/h5-6,8H,2-4,7H2,1H3,(H2,14,18). The molecule has 3 aromatic heterocycles. The Hall–Kier alpha value is -2.64. The zero-order valence-electron chi connectivity index (χ0n) is 11.8. The van der Waals surface area contributed by atoms with E-state index in [1.54, 1.807) is 4.52 Å². The van der Waals surface area contributed by atoms with Gasteiger partial charge in [0.1, 0.15) is 18.0 Å². The predicted molar refractivity (Wildman–Crippen MR) is 77.8 cm³/mol. The van der Waals surface area contributed by atoms with Gasteiger partial charge in [-0.25, -0.2) is 4.98 Å². The third-order valence-electron chi connectivity index (χ3n) is 3.79. The summed E-state index contributed by atoms with van der Waals surface area (Å²) < 4.78 is 3.75. The maximum absolute atomic E-state index is 5.77. The lowest BCUT2D eigenvalue weighted by Crippen LogP contribution is -2.35. The lowest BCUT2D eigenvalue weighted by atomic mass is 10.2. The summed E-state index contributed by atoms with van der Waals surface area (Å²) in [6.07, 6.45) is 2.41. The summed E-state index contributed by atoms with van der Waals surface area (Å²) in [7, 11) is 0. The number of nitrogens with two attached hydrogens (primary N) is 1. The summed E-state index contributed by atoms with van der Waals surface area (Å²) in [6.45, 7) is 4.51. The molecule has 2 N–H and O–H groups in total. The SMILES string of the molecule is CCc1cc(N2CCn3nc(N)cc3C2)n2ncnc2n1. The molecule has 4 heterocycles. The number of aromatic nitrogens is 6. The van der Waals surface area contributed by atoms with Crippen LogP contribution in [0.4, 0.5) is 11.6 Å². The number of nitrogen functional groups attached to an aromatic ring is 1. The molecular formula is C13H16N8. The van der Waals surface area contributed by atoms with Gasteiger partial charge in [-0.3, -0.25) is 4.68 Å². The summed E-state index contributed by atoms with van der Waals surface area (Å²) in [5.41, 5.74) is 7.90. The van der Waals surface area contributed by atoms with E-state index in [4.69, 9.17) is 5.73 Å². The van der Waals surface area contributed by atoms with E-state index in [0.29, 0.717) is 11.6 Å². The molecule has 0 atom stereocenters. The first-order valence-corrected chi connectivity index (χ1v) is 7.01. The van der Waals surface area contributed by atoms with E-state index < -0.39 is 0 Å². The Kier molecular flexibility index (Phi) is 2.56. The van der Waals surface area contributed by atoms with Gasteiger partial charge in [0.2, 0.25) is 0 Å². The van der Waals surface area contributed by atoms with Gasteiger partial charge in [-0.2, -0.15) is 19.7 Å². The van der Waals surface area contributed by atoms with Crippen molar-refractivity contribution in [1.29, 1.82) is 0 Å². The van der Waals surface area contributed by atoms with Crippen molar-refractivity contribution in [2.45, 2.75) is 26.4 Å². The van der Waals surface area contributed by atoms with Gasteiger partial charge in [-0.05, 0) is 6.42 Å². The molecular weight excluding hydrogens is 268 g/mol. The second-order valence-corrected chi connectivity index (χ2v) is 5.14. The van der Waals surface area contributed by atoms with Crippen molar-refractivity contribution < 1.29 is 0 Å². The second-order valence-electron chi connectivity index (χ2n) is 5.14. The Morgan fingerprint density at radius 2 is 2.19 bits per heavy atom. The van der Waals surface area contributed by atoms with E-state index >= 15 is 0 Å². The van der Waals surface area contributed by atoms with Crippen LogP contribution in [0.2, 0.25) is 0 Å². The van der Waals surface area contributed by atoms with Gasteiger partial charge >= 0.3 is 0 Å². The van der Waals surface area contributed by atoms with Crippen LogP contribution in [0.3, 0.4) is 0 Å². The van der Waals surface area contributed by atoms with E-state index in [0.717, 1.165) is 43.3 Å². The van der Waals surface area contributed by atoms with Crippen molar-refractivity contribution in [1.82, 2.24) is 29.4 Å². The van der Waals surface area contributed by atoms with Gasteiger partial charge in [0.15, 0.2) is 0 Å². The molecule has 1 aliphatic rings. The molecule has 0 spiro atoms. The van der Waals surface area contributed by atoms with Crippen LogP contribution in [0.1, 0.15) is 18.3 Å². The normalized spacial score (nSPS) is 14.6. The molecule has 3 aromatic rings. The Balaban J connectivity index is 1.78. The Morgan fingerprint density at radius 1 is 1.29 bits per heavy atom. The highest BCUT2D eigenvalue weighted by atomic mass is 15.4. The average molecular weight is 284 g/mol. The van der Waals surface area contributed by atoms with Gasteiger partial charge < -0.3 is 10.6 Å². The molecule has 4 rings (SSSR count). The Bertz CT molecular complexity index is 802. The highest BCUT2D eigenvalue weighted by Gasteiger charge is 2.21. The fraction of sp³-hybridized carbons (Fsp3) is 0.385. The molecule has 21 heavy (non-hydrogen) atoms. The van der Waals surface area contributed by atoms with Crippen LogP contribution in [0, 0.1) is 0 Å². The average Bonchev–Trinajstić information content (AvgIpc) is 3.09. The topological polar surface area (TPSA) is 90.2 Å². The van der Waals surface area contributed by atoms with Crippen molar-refractivity contribution in [2.75, 3.05) is 17.2 Å². The lowest BCUT2D eigenvalue weighted by molar-refractivity contribution is 0.515. The monoisotopic (exact) mass is 284 g/mol. The van der Waals surface area contributed by atoms with Crippen LogP contribution in [0.25, 0.3) is 5.78 Å². The van der Waals surface area contributed by atoms with Crippen molar-refractivity contribution in [3.63, 3.8) is 0 Å². The fourth-order valence-electron chi connectivity index (χ4n) is 2.73. The Morgan fingerprint density at radius 3 is 3.05 bits per heavy atom. The summed E-state index contributed by atoms with van der Waals surface area (Å²) >= 11 is 0. The first-order chi connectivity index (χ1) is 10.2. The van der Waals surface area contributed by atoms with Crippen molar-refractivity contribution >= 4 is 17.4 Å². The molecule has 0 fully saturated rings. The van der Waals surface area contributed by atoms with Crippen LogP contribution >= 0.6 is 0 Å². The molecule has 0 saturated carbocycles. The molecule has 8 heteroatoms. The van der Waals surface area contributed by atoms with E-state index in [2.05, 4.69) is 38.1 Å². The molecule has 0 bridgehead atoms. The van der Waals surface area contributed by atoms with Crippen LogP contribution in [-0.4, -0.2) is 35.9 Å². The summed E-state index contributed by atoms with van der Waals surface area (Å²) in [5.74, 6) is 2.23. The molecule has 0 unspecified atom stereocenters. The second kappa shape index (κ2) is 4.44. The van der Waals surface area contributed by atoms with Gasteiger partial charge in [0.05, 0.1) is 18.8 Å². The number of anilines is 2. The number of hydrogen-bond acceptors (Lipinski definition) is 6. The molecule has 1 aliphatic heterocycles. The highest BCUT2D eigenvalue weighted by molar-refractivity contribution is 5.48. The zero-order valence-corrected chi connectivity index (χ0v) is 11.8. The molecule has 8 nitrogen and oxygen atoms in total.